The average molecular weight is 166 g/mol. The van der Waals surface area contributed by atoms with E-state index in [2.05, 4.69) is 6.58 Å². The van der Waals surface area contributed by atoms with E-state index in [1.165, 1.54) is 0 Å². The summed E-state index contributed by atoms with van der Waals surface area (Å²) in [6.45, 7) is 4.04. The predicted molar refractivity (Wildman–Crippen MR) is 36.0 cm³/mol. The zero-order valence-electron chi connectivity index (χ0n) is 6.02. The number of halogens is 3. The summed E-state index contributed by atoms with van der Waals surface area (Å²) >= 11 is 0. The Bertz CT molecular complexity index is 175. The maximum Gasteiger partial charge on any atom is 0.327 e. The molecule has 0 heterocycles. The number of aliphatic hydroxyl groups is 1. The zero-order chi connectivity index (χ0) is 9.07. The maximum atomic E-state index is 12.4. The molecule has 11 heavy (non-hydrogen) atoms. The molecule has 0 spiro atoms. The van der Waals surface area contributed by atoms with Gasteiger partial charge in [-0.3, -0.25) is 0 Å². The lowest BCUT2D eigenvalue weighted by Gasteiger charge is -2.17. The van der Waals surface area contributed by atoms with E-state index in [1.54, 1.807) is 0 Å². The summed E-state index contributed by atoms with van der Waals surface area (Å²) in [5, 5.41) is 8.54. The molecule has 0 aromatic rings. The highest BCUT2D eigenvalue weighted by atomic mass is 19.3. The number of aliphatic hydroxyl groups excluding tert-OH is 1. The third-order valence-corrected chi connectivity index (χ3v) is 1.17. The van der Waals surface area contributed by atoms with Gasteiger partial charge in [-0.15, -0.1) is 6.58 Å². The number of hydrogen-bond acceptors (Lipinski definition) is 1. The summed E-state index contributed by atoms with van der Waals surface area (Å²) in [7, 11) is 0. The number of hydrogen-bond donors (Lipinski definition) is 1. The first-order valence-electron chi connectivity index (χ1n) is 2.97. The highest BCUT2D eigenvalue weighted by Gasteiger charge is 2.41. The Balaban J connectivity index is 4.57. The van der Waals surface area contributed by atoms with E-state index in [4.69, 9.17) is 5.11 Å². The molecule has 0 bridgehead atoms. The molecule has 0 saturated heterocycles. The lowest BCUT2D eigenvalue weighted by Crippen LogP contribution is -2.32. The van der Waals surface area contributed by atoms with Gasteiger partial charge in [-0.05, 0) is 13.0 Å². The highest BCUT2D eigenvalue weighted by molar-refractivity contribution is 5.09. The van der Waals surface area contributed by atoms with Crippen LogP contribution in [0.4, 0.5) is 13.2 Å². The predicted octanol–water partition coefficient (Wildman–Crippen LogP) is 2.04. The summed E-state index contributed by atoms with van der Waals surface area (Å²) < 4.78 is 37.1. The van der Waals surface area contributed by atoms with Gasteiger partial charge in [0.2, 0.25) is 0 Å². The van der Waals surface area contributed by atoms with E-state index in [-0.39, 0.29) is 0 Å². The summed E-state index contributed by atoms with van der Waals surface area (Å²) in [6.07, 6.45) is -0.978. The van der Waals surface area contributed by atoms with Crippen LogP contribution in [-0.2, 0) is 0 Å². The minimum Gasteiger partial charge on any atom is -0.382 e. The van der Waals surface area contributed by atoms with Crippen LogP contribution in [0.1, 0.15) is 6.92 Å². The van der Waals surface area contributed by atoms with Crippen molar-refractivity contribution < 1.29 is 18.3 Å². The van der Waals surface area contributed by atoms with Crippen molar-refractivity contribution >= 4 is 0 Å². The SMILES string of the molecule is C=C[C@H](O)C(F)(F)/C(F)=C\C. The molecule has 64 valence electrons. The van der Waals surface area contributed by atoms with Gasteiger partial charge in [-0.1, -0.05) is 6.08 Å². The molecule has 0 unspecified atom stereocenters. The smallest absolute Gasteiger partial charge is 0.327 e. The lowest BCUT2D eigenvalue weighted by atomic mass is 10.1. The molecule has 0 saturated carbocycles. The molecule has 0 radical (unpaired) electrons. The normalized spacial score (nSPS) is 16.3. The van der Waals surface area contributed by atoms with E-state index >= 15 is 0 Å². The van der Waals surface area contributed by atoms with Gasteiger partial charge in [-0.2, -0.15) is 8.78 Å². The molecular formula is C7H9F3O. The molecule has 0 aliphatic heterocycles. The molecule has 0 fully saturated rings. The Morgan fingerprint density at radius 3 is 2.36 bits per heavy atom. The monoisotopic (exact) mass is 166 g/mol. The van der Waals surface area contributed by atoms with E-state index < -0.39 is 17.9 Å². The first-order valence-corrected chi connectivity index (χ1v) is 2.97. The quantitative estimate of drug-likeness (QED) is 0.636. The third-order valence-electron chi connectivity index (χ3n) is 1.17. The Morgan fingerprint density at radius 2 is 2.09 bits per heavy atom. The molecule has 1 atom stereocenters. The lowest BCUT2D eigenvalue weighted by molar-refractivity contribution is -0.0699. The molecule has 0 rings (SSSR count). The fraction of sp³-hybridized carbons (Fsp3) is 0.429. The zero-order valence-corrected chi connectivity index (χ0v) is 6.02. The second-order valence-corrected chi connectivity index (χ2v) is 1.94. The van der Waals surface area contributed by atoms with Gasteiger partial charge in [0.15, 0.2) is 5.83 Å². The van der Waals surface area contributed by atoms with Crippen LogP contribution in [0, 0.1) is 0 Å². The van der Waals surface area contributed by atoms with Crippen molar-refractivity contribution in [3.63, 3.8) is 0 Å². The van der Waals surface area contributed by atoms with Crippen LogP contribution < -0.4 is 0 Å². The fourth-order valence-corrected chi connectivity index (χ4v) is 0.482. The van der Waals surface area contributed by atoms with E-state index in [9.17, 15) is 13.2 Å². The Labute approximate surface area is 62.8 Å². The van der Waals surface area contributed by atoms with Crippen LogP contribution >= 0.6 is 0 Å². The van der Waals surface area contributed by atoms with Crippen LogP contribution in [0.5, 0.6) is 0 Å². The Kier molecular flexibility index (Phi) is 3.32. The van der Waals surface area contributed by atoms with Crippen molar-refractivity contribution in [2.24, 2.45) is 0 Å². The second kappa shape index (κ2) is 3.57. The maximum absolute atomic E-state index is 12.4. The molecule has 1 nitrogen and oxygen atoms in total. The van der Waals surface area contributed by atoms with E-state index in [1.807, 2.05) is 0 Å². The summed E-state index contributed by atoms with van der Waals surface area (Å²) in [5.74, 6) is -5.50. The first kappa shape index (κ1) is 10.2. The van der Waals surface area contributed by atoms with Gasteiger partial charge in [0.05, 0.1) is 0 Å². The van der Waals surface area contributed by atoms with Crippen LogP contribution in [0.25, 0.3) is 0 Å². The van der Waals surface area contributed by atoms with Gasteiger partial charge in [0, 0.05) is 0 Å². The van der Waals surface area contributed by atoms with Crippen molar-refractivity contribution in [2.45, 2.75) is 19.0 Å². The first-order chi connectivity index (χ1) is 4.96. The van der Waals surface area contributed by atoms with Gasteiger partial charge in [0.1, 0.15) is 6.10 Å². The molecule has 0 aliphatic carbocycles. The largest absolute Gasteiger partial charge is 0.382 e. The minimum absolute atomic E-state index is 0.586. The molecular weight excluding hydrogens is 157 g/mol. The second-order valence-electron chi connectivity index (χ2n) is 1.94. The molecule has 0 amide bonds. The van der Waals surface area contributed by atoms with Gasteiger partial charge < -0.3 is 5.11 Å². The fourth-order valence-electron chi connectivity index (χ4n) is 0.482. The Morgan fingerprint density at radius 1 is 1.64 bits per heavy atom. The van der Waals surface area contributed by atoms with Gasteiger partial charge in [0.25, 0.3) is 0 Å². The highest BCUT2D eigenvalue weighted by Crippen LogP contribution is 2.29. The van der Waals surface area contributed by atoms with Crippen LogP contribution in [0.2, 0.25) is 0 Å². The number of alkyl halides is 2. The summed E-state index contributed by atoms with van der Waals surface area (Å²) in [6, 6.07) is 0. The van der Waals surface area contributed by atoms with Crippen LogP contribution in [-0.4, -0.2) is 17.1 Å². The van der Waals surface area contributed by atoms with E-state index in [0.717, 1.165) is 6.92 Å². The minimum atomic E-state index is -3.85. The number of rotatable bonds is 3. The summed E-state index contributed by atoms with van der Waals surface area (Å²) in [4.78, 5) is 0. The van der Waals surface area contributed by atoms with E-state index in [0.29, 0.717) is 12.2 Å². The van der Waals surface area contributed by atoms with Crippen molar-refractivity contribution in [3.05, 3.63) is 24.6 Å². The van der Waals surface area contributed by atoms with Gasteiger partial charge >= 0.3 is 5.92 Å². The molecule has 1 N–H and O–H groups in total. The molecule has 0 aliphatic rings. The van der Waals surface area contributed by atoms with Crippen molar-refractivity contribution in [1.82, 2.24) is 0 Å². The van der Waals surface area contributed by atoms with Crippen molar-refractivity contribution in [2.75, 3.05) is 0 Å². The summed E-state index contributed by atoms with van der Waals surface area (Å²) in [5.41, 5.74) is 0. The topological polar surface area (TPSA) is 20.2 Å². The standard InChI is InChI=1S/C7H9F3O/c1-3-5(8)7(9,10)6(11)4-2/h3-4,6,11H,2H2,1H3/b5-3+/t6-/m0/s1. The number of allylic oxidation sites excluding steroid dienone is 1. The molecule has 0 aromatic heterocycles. The van der Waals surface area contributed by atoms with Crippen LogP contribution in [0.15, 0.2) is 24.6 Å². The van der Waals surface area contributed by atoms with Crippen molar-refractivity contribution in [1.29, 1.82) is 0 Å². The van der Waals surface area contributed by atoms with Crippen LogP contribution in [0.3, 0.4) is 0 Å². The van der Waals surface area contributed by atoms with Gasteiger partial charge in [-0.25, -0.2) is 4.39 Å². The molecule has 4 heteroatoms. The Hall–Kier alpha value is -0.770. The average Bonchev–Trinajstić information content (AvgIpc) is 2.01. The molecule has 0 aromatic carbocycles. The van der Waals surface area contributed by atoms with Crippen molar-refractivity contribution in [3.8, 4) is 0 Å². The third kappa shape index (κ3) is 2.08.